The van der Waals surface area contributed by atoms with Crippen molar-refractivity contribution in [2.75, 3.05) is 26.2 Å². The second kappa shape index (κ2) is 7.65. The summed E-state index contributed by atoms with van der Waals surface area (Å²) >= 11 is 0. The van der Waals surface area contributed by atoms with E-state index in [9.17, 15) is 9.59 Å². The number of nitrogens with zero attached hydrogens (tertiary/aromatic N) is 2. The number of Topliss-reactive ketones (excluding diaryl/α,β-unsaturated/α-hetero) is 1. The van der Waals surface area contributed by atoms with Gasteiger partial charge in [-0.2, -0.15) is 0 Å². The molecule has 0 N–H and O–H groups in total. The maximum atomic E-state index is 12.8. The topological polar surface area (TPSA) is 40.6 Å². The van der Waals surface area contributed by atoms with Gasteiger partial charge >= 0.3 is 0 Å². The maximum Gasteiger partial charge on any atom is 0.253 e. The molecule has 1 unspecified atom stereocenters. The number of carbonyl (C=O) groups is 2. The molecule has 4 heteroatoms. The van der Waals surface area contributed by atoms with Gasteiger partial charge in [0.05, 0.1) is 0 Å². The molecule has 1 fully saturated rings. The Morgan fingerprint density at radius 2 is 1.59 bits per heavy atom. The molecule has 2 aliphatic rings. The van der Waals surface area contributed by atoms with Gasteiger partial charge in [0, 0.05) is 43.3 Å². The third-order valence-electron chi connectivity index (χ3n) is 5.95. The van der Waals surface area contributed by atoms with Gasteiger partial charge in [-0.3, -0.25) is 14.5 Å². The standard InChI is InChI=1S/C23H26N2O2/c1-17(26)19-7-4-8-21(15-19)23(27)25-13-11-24(12-14-25)22-10-9-18-5-2-3-6-20(18)16-22/h2-8,15,22H,9-14,16H2,1H3. The number of piperazine rings is 1. The predicted molar refractivity (Wildman–Crippen MR) is 106 cm³/mol. The summed E-state index contributed by atoms with van der Waals surface area (Å²) in [5, 5.41) is 0. The van der Waals surface area contributed by atoms with Gasteiger partial charge in [0.1, 0.15) is 0 Å². The van der Waals surface area contributed by atoms with Gasteiger partial charge in [0.2, 0.25) is 0 Å². The highest BCUT2D eigenvalue weighted by molar-refractivity contribution is 5.99. The van der Waals surface area contributed by atoms with Gasteiger partial charge in [-0.05, 0) is 49.4 Å². The Balaban J connectivity index is 1.37. The zero-order valence-electron chi connectivity index (χ0n) is 15.9. The summed E-state index contributed by atoms with van der Waals surface area (Å²) in [6.07, 6.45) is 3.47. The highest BCUT2D eigenvalue weighted by Crippen LogP contribution is 2.25. The van der Waals surface area contributed by atoms with Crippen molar-refractivity contribution in [2.24, 2.45) is 0 Å². The van der Waals surface area contributed by atoms with E-state index in [4.69, 9.17) is 0 Å². The molecule has 0 aromatic heterocycles. The third-order valence-corrected chi connectivity index (χ3v) is 5.95. The predicted octanol–water partition coefficient (Wildman–Crippen LogP) is 3.20. The molecule has 1 atom stereocenters. The van der Waals surface area contributed by atoms with E-state index in [1.54, 1.807) is 24.3 Å². The Morgan fingerprint density at radius 3 is 2.33 bits per heavy atom. The van der Waals surface area contributed by atoms with Crippen LogP contribution in [0.2, 0.25) is 0 Å². The molecule has 27 heavy (non-hydrogen) atoms. The average molecular weight is 362 g/mol. The minimum absolute atomic E-state index is 0.00736. The first-order valence-electron chi connectivity index (χ1n) is 9.83. The molecule has 4 rings (SSSR count). The van der Waals surface area contributed by atoms with Crippen LogP contribution in [0.1, 0.15) is 45.2 Å². The molecule has 1 aliphatic carbocycles. The van der Waals surface area contributed by atoms with E-state index in [2.05, 4.69) is 29.2 Å². The lowest BCUT2D eigenvalue weighted by Gasteiger charge is -2.41. The number of hydrogen-bond donors (Lipinski definition) is 0. The number of amides is 1. The fraction of sp³-hybridized carbons (Fsp3) is 0.391. The van der Waals surface area contributed by atoms with E-state index in [1.807, 2.05) is 4.90 Å². The lowest BCUT2D eigenvalue weighted by atomic mass is 9.87. The second-order valence-electron chi connectivity index (χ2n) is 7.63. The van der Waals surface area contributed by atoms with Crippen molar-refractivity contribution in [2.45, 2.75) is 32.2 Å². The fourth-order valence-corrected chi connectivity index (χ4v) is 4.33. The Morgan fingerprint density at radius 1 is 0.889 bits per heavy atom. The highest BCUT2D eigenvalue weighted by Gasteiger charge is 2.29. The first-order chi connectivity index (χ1) is 13.1. The number of fused-ring (bicyclic) bond motifs is 1. The molecule has 0 radical (unpaired) electrons. The van der Waals surface area contributed by atoms with Crippen LogP contribution in [-0.4, -0.2) is 53.7 Å². The summed E-state index contributed by atoms with van der Waals surface area (Å²) in [6.45, 7) is 4.88. The van der Waals surface area contributed by atoms with E-state index in [0.717, 1.165) is 39.0 Å². The molecule has 0 bridgehead atoms. The fourth-order valence-electron chi connectivity index (χ4n) is 4.33. The number of rotatable bonds is 3. The van der Waals surface area contributed by atoms with Crippen molar-refractivity contribution in [1.29, 1.82) is 0 Å². The van der Waals surface area contributed by atoms with Crippen molar-refractivity contribution in [1.82, 2.24) is 9.80 Å². The number of carbonyl (C=O) groups excluding carboxylic acids is 2. The first kappa shape index (κ1) is 17.9. The summed E-state index contributed by atoms with van der Waals surface area (Å²) < 4.78 is 0. The van der Waals surface area contributed by atoms with Crippen LogP contribution in [0.3, 0.4) is 0 Å². The smallest absolute Gasteiger partial charge is 0.253 e. The van der Waals surface area contributed by atoms with Crippen molar-refractivity contribution in [3.8, 4) is 0 Å². The van der Waals surface area contributed by atoms with Crippen LogP contribution in [0.25, 0.3) is 0 Å². The number of benzene rings is 2. The molecule has 1 amide bonds. The van der Waals surface area contributed by atoms with Crippen molar-refractivity contribution < 1.29 is 9.59 Å². The summed E-state index contributed by atoms with van der Waals surface area (Å²) in [5.41, 5.74) is 4.18. The van der Waals surface area contributed by atoms with E-state index in [1.165, 1.54) is 24.5 Å². The van der Waals surface area contributed by atoms with Gasteiger partial charge < -0.3 is 4.90 Å². The van der Waals surface area contributed by atoms with Crippen molar-refractivity contribution in [3.63, 3.8) is 0 Å². The lowest BCUT2D eigenvalue weighted by molar-refractivity contribution is 0.0553. The second-order valence-corrected chi connectivity index (χ2v) is 7.63. The largest absolute Gasteiger partial charge is 0.336 e. The Hall–Kier alpha value is -2.46. The molecule has 2 aromatic rings. The molecule has 0 saturated carbocycles. The first-order valence-corrected chi connectivity index (χ1v) is 9.83. The Kier molecular flexibility index (Phi) is 5.08. The maximum absolute atomic E-state index is 12.8. The van der Waals surface area contributed by atoms with Crippen LogP contribution in [0.4, 0.5) is 0 Å². The quantitative estimate of drug-likeness (QED) is 0.788. The van der Waals surface area contributed by atoms with Crippen LogP contribution in [0, 0.1) is 0 Å². The van der Waals surface area contributed by atoms with Crippen LogP contribution in [0.15, 0.2) is 48.5 Å². The van der Waals surface area contributed by atoms with Gasteiger partial charge in [-0.1, -0.05) is 36.4 Å². The molecule has 1 saturated heterocycles. The number of hydrogen-bond acceptors (Lipinski definition) is 3. The summed E-state index contributed by atoms with van der Waals surface area (Å²) in [7, 11) is 0. The molecule has 1 aliphatic heterocycles. The molecule has 2 aromatic carbocycles. The van der Waals surface area contributed by atoms with Crippen LogP contribution in [-0.2, 0) is 12.8 Å². The van der Waals surface area contributed by atoms with E-state index in [0.29, 0.717) is 17.2 Å². The van der Waals surface area contributed by atoms with Gasteiger partial charge in [-0.15, -0.1) is 0 Å². The molecule has 1 heterocycles. The zero-order valence-corrected chi connectivity index (χ0v) is 15.9. The average Bonchev–Trinajstić information content (AvgIpc) is 2.73. The molecule has 4 nitrogen and oxygen atoms in total. The monoisotopic (exact) mass is 362 g/mol. The van der Waals surface area contributed by atoms with Gasteiger partial charge in [0.25, 0.3) is 5.91 Å². The normalized spacial score (nSPS) is 20.2. The summed E-state index contributed by atoms with van der Waals surface area (Å²) in [5.74, 6) is 0.0267. The summed E-state index contributed by atoms with van der Waals surface area (Å²) in [4.78, 5) is 28.9. The van der Waals surface area contributed by atoms with Crippen LogP contribution >= 0.6 is 0 Å². The minimum Gasteiger partial charge on any atom is -0.336 e. The van der Waals surface area contributed by atoms with Crippen LogP contribution < -0.4 is 0 Å². The zero-order chi connectivity index (χ0) is 18.8. The molecule has 0 spiro atoms. The molecular formula is C23H26N2O2. The van der Waals surface area contributed by atoms with E-state index < -0.39 is 0 Å². The Bertz CT molecular complexity index is 853. The lowest BCUT2D eigenvalue weighted by Crippen LogP contribution is -2.53. The van der Waals surface area contributed by atoms with E-state index >= 15 is 0 Å². The SMILES string of the molecule is CC(=O)c1cccc(C(=O)N2CCN(C3CCc4ccccc4C3)CC2)c1. The molecule has 140 valence electrons. The van der Waals surface area contributed by atoms with Crippen molar-refractivity contribution >= 4 is 11.7 Å². The van der Waals surface area contributed by atoms with E-state index in [-0.39, 0.29) is 11.7 Å². The van der Waals surface area contributed by atoms with Crippen LogP contribution in [0.5, 0.6) is 0 Å². The summed E-state index contributed by atoms with van der Waals surface area (Å²) in [6, 6.07) is 16.4. The number of aryl methyl sites for hydroxylation is 1. The Labute approximate surface area is 160 Å². The molecular weight excluding hydrogens is 336 g/mol. The highest BCUT2D eigenvalue weighted by atomic mass is 16.2. The minimum atomic E-state index is -0.00736. The van der Waals surface area contributed by atoms with Crippen molar-refractivity contribution in [3.05, 3.63) is 70.8 Å². The van der Waals surface area contributed by atoms with Gasteiger partial charge in [-0.25, -0.2) is 0 Å². The third kappa shape index (κ3) is 3.81. The van der Waals surface area contributed by atoms with Gasteiger partial charge in [0.15, 0.2) is 5.78 Å². The number of ketones is 1.